The molecular weight excluding hydrogens is 1550 g/mol. The maximum absolute atomic E-state index is 14.9. The molecule has 1 saturated carbocycles. The van der Waals surface area contributed by atoms with Crippen molar-refractivity contribution in [2.45, 2.75) is 524 Å². The van der Waals surface area contributed by atoms with Gasteiger partial charge in [0.15, 0.2) is 24.8 Å². The number of hydrogen-bond donors (Lipinski definition) is 10. The zero-order chi connectivity index (χ0) is 86.9. The number of aliphatic hydroxyl groups excluding tert-OH is 9. The fourth-order valence-corrected chi connectivity index (χ4v) is 17.1. The SMILES string of the molecule is CCCCCCCC/C=C\CCCCCC(=O)OCC(COP(=O)(O)OC1C(OC2OC(CO)C(O)C(O)C2O)C(O)C(O)C(OC(=O)CCCCCCCCCCCCCCCCC)C1OC1OC(COC(=O)CCCCCCCCCCCCCCCCCC)C(O)C(O)C1O)OC(=O)CCCCCCCCC(C)CCCCCCCC. The van der Waals surface area contributed by atoms with E-state index >= 15 is 0 Å². The minimum absolute atomic E-state index is 0.0157. The predicted molar refractivity (Wildman–Crippen MR) is 463 cm³/mol. The van der Waals surface area contributed by atoms with Gasteiger partial charge in [-0.1, -0.05) is 355 Å². The van der Waals surface area contributed by atoms with E-state index in [-0.39, 0.29) is 25.7 Å². The molecule has 0 aromatic carbocycles. The van der Waals surface area contributed by atoms with Crippen LogP contribution < -0.4 is 0 Å². The van der Waals surface area contributed by atoms with Gasteiger partial charge < -0.3 is 88.7 Å². The van der Waals surface area contributed by atoms with Gasteiger partial charge in [0.05, 0.1) is 13.2 Å². The zero-order valence-electron chi connectivity index (χ0n) is 74.8. The molecular formula is C93H173O25P. The number of unbranched alkanes of at least 4 members (excludes halogenated alkanes) is 48. The van der Waals surface area contributed by atoms with E-state index in [0.717, 1.165) is 128 Å². The van der Waals surface area contributed by atoms with Gasteiger partial charge in [-0.15, -0.1) is 0 Å². The standard InChI is InChI=1S/C93H173O25P/c1-6-10-14-18-22-25-28-31-33-35-37-40-43-46-53-59-65-77(96)110-71-75-81(100)83(102)87(106)93(114-75)117-90-88(115-79(98)67-61-54-47-44-41-38-34-32-29-26-23-19-15-11-7-2)84(103)85(104)89(116-92-86(105)82(101)80(99)74(68-94)113-92)91(90)118-119(107,108)111-70-73(69-109-76(95)64-58-52-45-42-39-36-30-27-24-20-16-12-8-3)112-78(97)66-60-55-49-48-51-57-63-72(5)62-56-50-21-17-13-9-4/h36,39,72-75,80-94,99-106H,6-35,37-38,40-71H2,1-5H3,(H,107,108)/b39-36-. The van der Waals surface area contributed by atoms with Crippen molar-refractivity contribution < 1.29 is 122 Å². The molecule has 3 aliphatic rings. The number of phosphoric ester groups is 1. The minimum Gasteiger partial charge on any atom is -0.463 e. The highest BCUT2D eigenvalue weighted by atomic mass is 31.2. The fraction of sp³-hybridized carbons (Fsp3) is 0.935. The van der Waals surface area contributed by atoms with E-state index in [2.05, 4.69) is 46.8 Å². The molecule has 0 aromatic rings. The Kier molecular flexibility index (Phi) is 66.1. The third kappa shape index (κ3) is 51.6. The highest BCUT2D eigenvalue weighted by Crippen LogP contribution is 2.49. The zero-order valence-corrected chi connectivity index (χ0v) is 75.7. The number of hydrogen-bond acceptors (Lipinski definition) is 24. The number of rotatable bonds is 78. The van der Waals surface area contributed by atoms with E-state index in [9.17, 15) is 74.6 Å². The maximum Gasteiger partial charge on any atom is 0.472 e. The summed E-state index contributed by atoms with van der Waals surface area (Å²) in [6, 6.07) is 0. The first-order chi connectivity index (χ1) is 57.6. The molecule has 19 unspecified atom stereocenters. The lowest BCUT2D eigenvalue weighted by Gasteiger charge is -2.50. The summed E-state index contributed by atoms with van der Waals surface area (Å²) in [5.74, 6) is -2.30. The van der Waals surface area contributed by atoms with E-state index in [1.165, 1.54) is 199 Å². The van der Waals surface area contributed by atoms with Crippen molar-refractivity contribution >= 4 is 31.7 Å². The molecule has 3 rings (SSSR count). The van der Waals surface area contributed by atoms with Gasteiger partial charge in [0.2, 0.25) is 0 Å². The first-order valence-electron chi connectivity index (χ1n) is 48.3. The van der Waals surface area contributed by atoms with Gasteiger partial charge in [-0.2, -0.15) is 0 Å². The lowest BCUT2D eigenvalue weighted by molar-refractivity contribution is -0.360. The van der Waals surface area contributed by atoms with Crippen LogP contribution in [0.2, 0.25) is 0 Å². The second-order valence-corrected chi connectivity index (χ2v) is 36.3. The molecule has 2 aliphatic heterocycles. The van der Waals surface area contributed by atoms with Crippen LogP contribution in [-0.4, -0.2) is 205 Å². The van der Waals surface area contributed by atoms with E-state index in [4.69, 9.17) is 46.9 Å². The number of carbonyl (C=O) groups excluding carboxylic acids is 4. The number of phosphoric acid groups is 1. The van der Waals surface area contributed by atoms with Gasteiger partial charge >= 0.3 is 31.7 Å². The van der Waals surface area contributed by atoms with Gasteiger partial charge in [0.25, 0.3) is 0 Å². The van der Waals surface area contributed by atoms with Crippen LogP contribution in [0.25, 0.3) is 0 Å². The van der Waals surface area contributed by atoms with Gasteiger partial charge in [-0.25, -0.2) is 4.57 Å². The topological polar surface area (TPSA) is 380 Å². The summed E-state index contributed by atoms with van der Waals surface area (Å²) in [5, 5.41) is 102. The number of ether oxygens (including phenoxy) is 8. The van der Waals surface area contributed by atoms with Gasteiger partial charge in [-0.05, 0) is 57.3 Å². The molecule has 0 radical (unpaired) electrons. The molecule has 119 heavy (non-hydrogen) atoms. The Balaban J connectivity index is 1.91. The molecule has 25 nitrogen and oxygen atoms in total. The van der Waals surface area contributed by atoms with Crippen molar-refractivity contribution in [1.82, 2.24) is 0 Å². The largest absolute Gasteiger partial charge is 0.472 e. The Morgan fingerprint density at radius 2 is 0.681 bits per heavy atom. The lowest BCUT2D eigenvalue weighted by atomic mass is 9.84. The van der Waals surface area contributed by atoms with E-state index in [1.807, 2.05) is 0 Å². The summed E-state index contributed by atoms with van der Waals surface area (Å²) in [6.07, 6.45) is 29.1. The number of carbonyl (C=O) groups is 4. The quantitative estimate of drug-likeness (QED) is 0.00889. The summed E-state index contributed by atoms with van der Waals surface area (Å²) in [4.78, 5) is 66.6. The molecule has 19 atom stereocenters. The summed E-state index contributed by atoms with van der Waals surface area (Å²) in [7, 11) is -5.81. The van der Waals surface area contributed by atoms with Crippen LogP contribution in [0, 0.1) is 5.92 Å². The van der Waals surface area contributed by atoms with Crippen LogP contribution in [-0.2, 0) is 70.7 Å². The summed E-state index contributed by atoms with van der Waals surface area (Å²) < 4.78 is 73.5. The predicted octanol–water partition coefficient (Wildman–Crippen LogP) is 18.2. The second kappa shape index (κ2) is 71.3. The van der Waals surface area contributed by atoms with Gasteiger partial charge in [0, 0.05) is 25.7 Å². The first-order valence-corrected chi connectivity index (χ1v) is 49.8. The molecule has 0 spiro atoms. The Morgan fingerprint density at radius 3 is 1.09 bits per heavy atom. The second-order valence-electron chi connectivity index (χ2n) is 34.9. The average molecular weight is 1720 g/mol. The molecule has 3 fully saturated rings. The van der Waals surface area contributed by atoms with Crippen molar-refractivity contribution in [3.8, 4) is 0 Å². The maximum atomic E-state index is 14.9. The van der Waals surface area contributed by atoms with Crippen LogP contribution in [0.15, 0.2) is 12.2 Å². The summed E-state index contributed by atoms with van der Waals surface area (Å²) >= 11 is 0. The summed E-state index contributed by atoms with van der Waals surface area (Å²) in [6.45, 7) is 7.93. The Morgan fingerprint density at radius 1 is 0.353 bits per heavy atom. The monoisotopic (exact) mass is 1720 g/mol. The molecule has 0 aromatic heterocycles. The number of aliphatic hydroxyl groups is 9. The molecule has 0 bridgehead atoms. The first kappa shape index (κ1) is 110. The molecule has 700 valence electrons. The fourth-order valence-electron chi connectivity index (χ4n) is 16.1. The average Bonchev–Trinajstić information content (AvgIpc) is 0.753. The Labute approximate surface area is 718 Å². The molecule has 0 amide bonds. The molecule has 1 aliphatic carbocycles. The van der Waals surface area contributed by atoms with Crippen molar-refractivity contribution in [1.29, 1.82) is 0 Å². The van der Waals surface area contributed by atoms with Crippen LogP contribution in [0.1, 0.15) is 420 Å². The number of allylic oxidation sites excluding steroid dienone is 2. The number of esters is 4. The van der Waals surface area contributed by atoms with Crippen molar-refractivity contribution in [2.24, 2.45) is 5.92 Å². The van der Waals surface area contributed by atoms with Gasteiger partial charge in [-0.3, -0.25) is 28.2 Å². The van der Waals surface area contributed by atoms with E-state index in [0.29, 0.717) is 38.0 Å². The minimum atomic E-state index is -5.81. The lowest BCUT2D eigenvalue weighted by Crippen LogP contribution is -2.70. The van der Waals surface area contributed by atoms with E-state index < -0.39 is 162 Å². The normalized spacial score (nSPS) is 25.1. The smallest absolute Gasteiger partial charge is 0.463 e. The summed E-state index contributed by atoms with van der Waals surface area (Å²) in [5.41, 5.74) is 0. The molecule has 2 saturated heterocycles. The molecule has 2 heterocycles. The van der Waals surface area contributed by atoms with Crippen molar-refractivity contribution in [3.05, 3.63) is 12.2 Å². The van der Waals surface area contributed by atoms with Crippen LogP contribution in [0.4, 0.5) is 0 Å². The highest BCUT2D eigenvalue weighted by Gasteiger charge is 2.60. The molecule has 10 N–H and O–H groups in total. The Bertz CT molecular complexity index is 2530. The van der Waals surface area contributed by atoms with Gasteiger partial charge in [0.1, 0.15) is 92.6 Å². The van der Waals surface area contributed by atoms with Crippen LogP contribution in [0.5, 0.6) is 0 Å². The van der Waals surface area contributed by atoms with E-state index in [1.54, 1.807) is 0 Å². The van der Waals surface area contributed by atoms with Crippen LogP contribution >= 0.6 is 7.82 Å². The third-order valence-corrected chi connectivity index (χ3v) is 24.9. The van der Waals surface area contributed by atoms with Crippen LogP contribution in [0.3, 0.4) is 0 Å². The van der Waals surface area contributed by atoms with Crippen molar-refractivity contribution in [3.63, 3.8) is 0 Å². The van der Waals surface area contributed by atoms with Crippen molar-refractivity contribution in [2.75, 3.05) is 26.4 Å². The molecule has 26 heteroatoms. The highest BCUT2D eigenvalue weighted by molar-refractivity contribution is 7.47. The third-order valence-electron chi connectivity index (χ3n) is 23.9. The Hall–Kier alpha value is -2.79.